The second-order valence-corrected chi connectivity index (χ2v) is 6.96. The summed E-state index contributed by atoms with van der Waals surface area (Å²) in [5, 5.41) is 4.38. The molecule has 134 valence electrons. The SMILES string of the molecule is COc1ccccc1CN/N=C\c1cc(C)n(-c2ccc(Br)cc2)c1C. The third-order valence-electron chi connectivity index (χ3n) is 4.31. The predicted molar refractivity (Wildman–Crippen MR) is 110 cm³/mol. The zero-order chi connectivity index (χ0) is 18.5. The molecule has 0 aliphatic rings. The maximum atomic E-state index is 5.36. The Labute approximate surface area is 162 Å². The molecule has 0 aliphatic carbocycles. The van der Waals surface area contributed by atoms with Crippen molar-refractivity contribution >= 4 is 22.1 Å². The van der Waals surface area contributed by atoms with Gasteiger partial charge in [-0.15, -0.1) is 0 Å². The third-order valence-corrected chi connectivity index (χ3v) is 4.84. The molecule has 0 unspecified atom stereocenters. The summed E-state index contributed by atoms with van der Waals surface area (Å²) < 4.78 is 8.66. The number of ether oxygens (including phenoxy) is 1. The van der Waals surface area contributed by atoms with E-state index in [2.05, 4.69) is 75.2 Å². The molecule has 3 rings (SSSR count). The van der Waals surface area contributed by atoms with Crippen molar-refractivity contribution in [2.75, 3.05) is 7.11 Å². The fourth-order valence-corrected chi connectivity index (χ4v) is 3.27. The van der Waals surface area contributed by atoms with E-state index >= 15 is 0 Å². The second kappa shape index (κ2) is 8.23. The van der Waals surface area contributed by atoms with Crippen LogP contribution in [0.1, 0.15) is 22.5 Å². The first kappa shape index (κ1) is 18.3. The van der Waals surface area contributed by atoms with Crippen molar-refractivity contribution in [3.05, 3.63) is 81.6 Å². The monoisotopic (exact) mass is 411 g/mol. The van der Waals surface area contributed by atoms with E-state index in [1.807, 2.05) is 30.5 Å². The first-order valence-corrected chi connectivity index (χ1v) is 9.22. The molecule has 1 heterocycles. The molecule has 0 atom stereocenters. The number of nitrogens with one attached hydrogen (secondary N) is 1. The summed E-state index contributed by atoms with van der Waals surface area (Å²) in [4.78, 5) is 0. The molecule has 0 radical (unpaired) electrons. The van der Waals surface area contributed by atoms with Crippen LogP contribution in [0.25, 0.3) is 5.69 Å². The first-order valence-electron chi connectivity index (χ1n) is 8.43. The van der Waals surface area contributed by atoms with E-state index < -0.39 is 0 Å². The van der Waals surface area contributed by atoms with Gasteiger partial charge in [-0.25, -0.2) is 0 Å². The third kappa shape index (κ3) is 3.99. The molecule has 0 aliphatic heterocycles. The number of nitrogens with zero attached hydrogens (tertiary/aromatic N) is 2. The maximum absolute atomic E-state index is 5.36. The van der Waals surface area contributed by atoms with Gasteiger partial charge in [0, 0.05) is 32.7 Å². The quantitative estimate of drug-likeness (QED) is 0.458. The molecule has 0 amide bonds. The summed E-state index contributed by atoms with van der Waals surface area (Å²) in [6.45, 7) is 4.83. The predicted octanol–water partition coefficient (Wildman–Crippen LogP) is 4.99. The maximum Gasteiger partial charge on any atom is 0.123 e. The fraction of sp³-hybridized carbons (Fsp3) is 0.190. The number of rotatable bonds is 6. The van der Waals surface area contributed by atoms with Crippen LogP contribution in [0.3, 0.4) is 0 Å². The molecular weight excluding hydrogens is 390 g/mol. The highest BCUT2D eigenvalue weighted by Gasteiger charge is 2.09. The molecule has 1 N–H and O–H groups in total. The normalized spacial score (nSPS) is 11.1. The molecule has 5 heteroatoms. The molecule has 4 nitrogen and oxygen atoms in total. The van der Waals surface area contributed by atoms with Crippen LogP contribution in [0.5, 0.6) is 5.75 Å². The van der Waals surface area contributed by atoms with Crippen molar-refractivity contribution in [2.45, 2.75) is 20.4 Å². The van der Waals surface area contributed by atoms with Crippen molar-refractivity contribution in [1.82, 2.24) is 9.99 Å². The van der Waals surface area contributed by atoms with Gasteiger partial charge in [0.25, 0.3) is 0 Å². The van der Waals surface area contributed by atoms with Gasteiger partial charge in [0.1, 0.15) is 5.75 Å². The number of hydrogen-bond acceptors (Lipinski definition) is 3. The largest absolute Gasteiger partial charge is 0.496 e. The van der Waals surface area contributed by atoms with Crippen LogP contribution < -0.4 is 10.2 Å². The number of aryl methyl sites for hydroxylation is 1. The van der Waals surface area contributed by atoms with Crippen molar-refractivity contribution < 1.29 is 4.74 Å². The van der Waals surface area contributed by atoms with Crippen LogP contribution in [-0.2, 0) is 6.54 Å². The zero-order valence-electron chi connectivity index (χ0n) is 15.2. The van der Waals surface area contributed by atoms with E-state index in [0.29, 0.717) is 6.54 Å². The van der Waals surface area contributed by atoms with Gasteiger partial charge in [-0.05, 0) is 50.2 Å². The van der Waals surface area contributed by atoms with Crippen molar-refractivity contribution in [2.24, 2.45) is 5.10 Å². The lowest BCUT2D eigenvalue weighted by atomic mass is 10.2. The van der Waals surface area contributed by atoms with Crippen LogP contribution in [0.4, 0.5) is 0 Å². The Bertz CT molecular complexity index is 914. The lowest BCUT2D eigenvalue weighted by molar-refractivity contribution is 0.408. The lowest BCUT2D eigenvalue weighted by Gasteiger charge is -2.09. The number of benzene rings is 2. The zero-order valence-corrected chi connectivity index (χ0v) is 16.7. The Balaban J connectivity index is 1.73. The molecule has 0 spiro atoms. The summed E-state index contributed by atoms with van der Waals surface area (Å²) in [6, 6.07) is 18.4. The van der Waals surface area contributed by atoms with Crippen molar-refractivity contribution in [1.29, 1.82) is 0 Å². The average molecular weight is 412 g/mol. The summed E-state index contributed by atoms with van der Waals surface area (Å²) in [7, 11) is 1.68. The van der Waals surface area contributed by atoms with Crippen molar-refractivity contribution in [3.8, 4) is 11.4 Å². The van der Waals surface area contributed by atoms with Gasteiger partial charge < -0.3 is 14.7 Å². The van der Waals surface area contributed by atoms with Crippen LogP contribution in [-0.4, -0.2) is 17.9 Å². The molecule has 2 aromatic carbocycles. The van der Waals surface area contributed by atoms with Gasteiger partial charge in [0.15, 0.2) is 0 Å². The van der Waals surface area contributed by atoms with Gasteiger partial charge in [-0.3, -0.25) is 0 Å². The van der Waals surface area contributed by atoms with Crippen LogP contribution in [0.2, 0.25) is 0 Å². The number of halogens is 1. The van der Waals surface area contributed by atoms with Crippen molar-refractivity contribution in [3.63, 3.8) is 0 Å². The Hall–Kier alpha value is -2.53. The molecule has 26 heavy (non-hydrogen) atoms. The summed E-state index contributed by atoms with van der Waals surface area (Å²) in [5.41, 5.74) is 8.75. The van der Waals surface area contributed by atoms with E-state index in [9.17, 15) is 0 Å². The van der Waals surface area contributed by atoms with Gasteiger partial charge in [-0.2, -0.15) is 5.10 Å². The highest BCUT2D eigenvalue weighted by atomic mass is 79.9. The molecule has 1 aromatic heterocycles. The molecule has 0 saturated carbocycles. The standard InChI is InChI=1S/C21H22BrN3O/c1-15-12-18(16(2)25(15)20-10-8-19(22)9-11-20)14-24-23-13-17-6-4-5-7-21(17)26-3/h4-12,14,23H,13H2,1-3H3/b24-14-. The molecule has 3 aromatic rings. The van der Waals surface area contributed by atoms with E-state index in [0.717, 1.165) is 32.7 Å². The van der Waals surface area contributed by atoms with Crippen LogP contribution in [0.15, 0.2) is 64.2 Å². The highest BCUT2D eigenvalue weighted by Crippen LogP contribution is 2.21. The van der Waals surface area contributed by atoms with E-state index in [4.69, 9.17) is 4.74 Å². The minimum absolute atomic E-state index is 0.617. The number of aromatic nitrogens is 1. The Morgan fingerprint density at radius 1 is 1.12 bits per heavy atom. The Morgan fingerprint density at radius 2 is 1.85 bits per heavy atom. The van der Waals surface area contributed by atoms with Gasteiger partial charge in [-0.1, -0.05) is 34.1 Å². The van der Waals surface area contributed by atoms with Gasteiger partial charge in [0.2, 0.25) is 0 Å². The second-order valence-electron chi connectivity index (χ2n) is 6.04. The number of para-hydroxylation sites is 1. The first-order chi connectivity index (χ1) is 12.6. The topological polar surface area (TPSA) is 38.5 Å². The molecule has 0 fully saturated rings. The highest BCUT2D eigenvalue weighted by molar-refractivity contribution is 9.10. The van der Waals surface area contributed by atoms with E-state index in [1.165, 1.54) is 5.69 Å². The van der Waals surface area contributed by atoms with Gasteiger partial charge in [0.05, 0.1) is 19.9 Å². The van der Waals surface area contributed by atoms with Crippen LogP contribution in [0, 0.1) is 13.8 Å². The van der Waals surface area contributed by atoms with E-state index in [-0.39, 0.29) is 0 Å². The summed E-state index contributed by atoms with van der Waals surface area (Å²) in [5.74, 6) is 0.864. The average Bonchev–Trinajstić information content (AvgIpc) is 2.93. The lowest BCUT2D eigenvalue weighted by Crippen LogP contribution is -2.07. The Kier molecular flexibility index (Phi) is 5.78. The minimum atomic E-state index is 0.617. The molecule has 0 saturated heterocycles. The number of methoxy groups -OCH3 is 1. The Morgan fingerprint density at radius 3 is 2.58 bits per heavy atom. The number of hydrogen-bond donors (Lipinski definition) is 1. The summed E-state index contributed by atoms with van der Waals surface area (Å²) >= 11 is 3.48. The number of hydrazone groups is 1. The molecular formula is C21H22BrN3O. The minimum Gasteiger partial charge on any atom is -0.496 e. The smallest absolute Gasteiger partial charge is 0.123 e. The van der Waals surface area contributed by atoms with Crippen LogP contribution >= 0.6 is 15.9 Å². The molecule has 0 bridgehead atoms. The summed E-state index contributed by atoms with van der Waals surface area (Å²) in [6.07, 6.45) is 1.87. The van der Waals surface area contributed by atoms with E-state index in [1.54, 1.807) is 7.11 Å². The fourth-order valence-electron chi connectivity index (χ4n) is 3.00. The van der Waals surface area contributed by atoms with Gasteiger partial charge >= 0.3 is 0 Å².